The minimum absolute atomic E-state index is 0.0272. The zero-order valence-electron chi connectivity index (χ0n) is 6.40. The van der Waals surface area contributed by atoms with Crippen LogP contribution < -0.4 is 5.32 Å². The fraction of sp³-hybridized carbons (Fsp3) is 0.375. The molecule has 1 aromatic heterocycles. The molecule has 0 saturated carbocycles. The molecular formula is C8H10N2O. The van der Waals surface area contributed by atoms with E-state index in [2.05, 4.69) is 10.3 Å². The lowest BCUT2D eigenvalue weighted by Crippen LogP contribution is -2.31. The fourth-order valence-electron chi connectivity index (χ4n) is 1.45. The highest BCUT2D eigenvalue weighted by atomic mass is 16.1. The highest BCUT2D eigenvalue weighted by Crippen LogP contribution is 2.13. The molecule has 11 heavy (non-hydrogen) atoms. The van der Waals surface area contributed by atoms with Crippen LogP contribution in [0.3, 0.4) is 0 Å². The minimum Gasteiger partial charge on any atom is -0.354 e. The first-order valence-corrected chi connectivity index (χ1v) is 3.74. The van der Waals surface area contributed by atoms with Gasteiger partial charge in [-0.2, -0.15) is 0 Å². The average molecular weight is 150 g/mol. The highest BCUT2D eigenvalue weighted by Gasteiger charge is 2.17. The van der Waals surface area contributed by atoms with Crippen molar-refractivity contribution in [2.24, 2.45) is 0 Å². The Kier molecular flexibility index (Phi) is 1.24. The SMILES string of the molecule is Cc1cc2c([nH]1)C(=O)NCC2. The minimum atomic E-state index is 0.0272. The second-order valence-electron chi connectivity index (χ2n) is 2.86. The van der Waals surface area contributed by atoms with E-state index in [0.717, 1.165) is 29.9 Å². The van der Waals surface area contributed by atoms with Gasteiger partial charge >= 0.3 is 0 Å². The van der Waals surface area contributed by atoms with E-state index in [4.69, 9.17) is 0 Å². The summed E-state index contributed by atoms with van der Waals surface area (Å²) in [6.07, 6.45) is 0.950. The predicted octanol–water partition coefficient (Wildman–Crippen LogP) is 0.609. The van der Waals surface area contributed by atoms with Crippen molar-refractivity contribution >= 4 is 5.91 Å². The summed E-state index contributed by atoms with van der Waals surface area (Å²) in [5.41, 5.74) is 2.95. The first-order chi connectivity index (χ1) is 5.27. The zero-order valence-corrected chi connectivity index (χ0v) is 6.40. The van der Waals surface area contributed by atoms with Crippen LogP contribution >= 0.6 is 0 Å². The summed E-state index contributed by atoms with van der Waals surface area (Å²) in [4.78, 5) is 14.2. The third-order valence-electron chi connectivity index (χ3n) is 1.94. The van der Waals surface area contributed by atoms with Gasteiger partial charge in [0.1, 0.15) is 5.69 Å². The largest absolute Gasteiger partial charge is 0.354 e. The molecule has 1 amide bonds. The highest BCUT2D eigenvalue weighted by molar-refractivity contribution is 5.95. The Morgan fingerprint density at radius 3 is 3.09 bits per heavy atom. The number of hydrogen-bond donors (Lipinski definition) is 2. The van der Waals surface area contributed by atoms with Crippen molar-refractivity contribution in [2.45, 2.75) is 13.3 Å². The number of amides is 1. The van der Waals surface area contributed by atoms with E-state index in [-0.39, 0.29) is 5.91 Å². The maximum Gasteiger partial charge on any atom is 0.267 e. The molecule has 2 N–H and O–H groups in total. The summed E-state index contributed by atoms with van der Waals surface area (Å²) >= 11 is 0. The topological polar surface area (TPSA) is 44.9 Å². The van der Waals surface area contributed by atoms with Gasteiger partial charge < -0.3 is 10.3 Å². The molecule has 2 rings (SSSR count). The smallest absolute Gasteiger partial charge is 0.267 e. The van der Waals surface area contributed by atoms with Crippen LogP contribution in [0.15, 0.2) is 6.07 Å². The molecule has 2 heterocycles. The van der Waals surface area contributed by atoms with Gasteiger partial charge in [0.2, 0.25) is 0 Å². The predicted molar refractivity (Wildman–Crippen MR) is 41.6 cm³/mol. The molecule has 0 bridgehead atoms. The summed E-state index contributed by atoms with van der Waals surface area (Å²) in [5.74, 6) is 0.0272. The van der Waals surface area contributed by atoms with Gasteiger partial charge in [-0.1, -0.05) is 0 Å². The lowest BCUT2D eigenvalue weighted by molar-refractivity contribution is 0.0941. The zero-order chi connectivity index (χ0) is 7.84. The Labute approximate surface area is 64.8 Å². The summed E-state index contributed by atoms with van der Waals surface area (Å²) in [5, 5.41) is 2.78. The van der Waals surface area contributed by atoms with Crippen molar-refractivity contribution in [2.75, 3.05) is 6.54 Å². The molecule has 0 atom stereocenters. The number of nitrogens with one attached hydrogen (secondary N) is 2. The van der Waals surface area contributed by atoms with Crippen LogP contribution in [0.1, 0.15) is 21.7 Å². The molecular weight excluding hydrogens is 140 g/mol. The van der Waals surface area contributed by atoms with E-state index in [1.807, 2.05) is 13.0 Å². The number of carbonyl (C=O) groups excluding carboxylic acids is 1. The number of hydrogen-bond acceptors (Lipinski definition) is 1. The van der Waals surface area contributed by atoms with E-state index in [1.54, 1.807) is 0 Å². The standard InChI is InChI=1S/C8H10N2O/c1-5-4-6-2-3-9-8(11)7(6)10-5/h4,10H,2-3H2,1H3,(H,9,11). The lowest BCUT2D eigenvalue weighted by Gasteiger charge is -2.10. The van der Waals surface area contributed by atoms with Crippen molar-refractivity contribution in [3.63, 3.8) is 0 Å². The maximum atomic E-state index is 11.2. The molecule has 0 aromatic carbocycles. The summed E-state index contributed by atoms with van der Waals surface area (Å²) in [6.45, 7) is 2.73. The third kappa shape index (κ3) is 0.926. The Morgan fingerprint density at radius 2 is 2.36 bits per heavy atom. The van der Waals surface area contributed by atoms with Crippen LogP contribution in [0.5, 0.6) is 0 Å². The van der Waals surface area contributed by atoms with Gasteiger partial charge in [0, 0.05) is 12.2 Å². The van der Waals surface area contributed by atoms with Crippen LogP contribution in [0.2, 0.25) is 0 Å². The molecule has 0 fully saturated rings. The van der Waals surface area contributed by atoms with Crippen molar-refractivity contribution in [3.8, 4) is 0 Å². The van der Waals surface area contributed by atoms with E-state index in [1.165, 1.54) is 0 Å². The number of fused-ring (bicyclic) bond motifs is 1. The first kappa shape index (κ1) is 6.46. The number of aromatic nitrogens is 1. The van der Waals surface area contributed by atoms with Gasteiger partial charge in [-0.3, -0.25) is 4.79 Å². The molecule has 58 valence electrons. The first-order valence-electron chi connectivity index (χ1n) is 3.74. The average Bonchev–Trinajstić information content (AvgIpc) is 2.31. The van der Waals surface area contributed by atoms with Crippen molar-refractivity contribution in [1.82, 2.24) is 10.3 Å². The van der Waals surface area contributed by atoms with Crippen LogP contribution in [-0.2, 0) is 6.42 Å². The maximum absolute atomic E-state index is 11.2. The van der Waals surface area contributed by atoms with Gasteiger partial charge in [0.05, 0.1) is 0 Å². The molecule has 0 aliphatic carbocycles. The van der Waals surface area contributed by atoms with Gasteiger partial charge in [-0.25, -0.2) is 0 Å². The van der Waals surface area contributed by atoms with E-state index >= 15 is 0 Å². The fourth-order valence-corrected chi connectivity index (χ4v) is 1.45. The molecule has 0 unspecified atom stereocenters. The summed E-state index contributed by atoms with van der Waals surface area (Å²) < 4.78 is 0. The van der Waals surface area contributed by atoms with Crippen LogP contribution in [0.4, 0.5) is 0 Å². The normalized spacial score (nSPS) is 15.9. The number of aromatic amines is 1. The van der Waals surface area contributed by atoms with Gasteiger partial charge in [-0.05, 0) is 25.0 Å². The Bertz CT molecular complexity index is 301. The molecule has 0 spiro atoms. The monoisotopic (exact) mass is 150 g/mol. The quantitative estimate of drug-likeness (QED) is 0.559. The van der Waals surface area contributed by atoms with Gasteiger partial charge in [0.25, 0.3) is 5.91 Å². The second kappa shape index (κ2) is 2.12. The number of H-pyrrole nitrogens is 1. The van der Waals surface area contributed by atoms with Crippen molar-refractivity contribution in [1.29, 1.82) is 0 Å². The molecule has 0 saturated heterocycles. The van der Waals surface area contributed by atoms with Crippen LogP contribution in [0.25, 0.3) is 0 Å². The van der Waals surface area contributed by atoms with E-state index in [9.17, 15) is 4.79 Å². The molecule has 0 radical (unpaired) electrons. The molecule has 3 heteroatoms. The Morgan fingerprint density at radius 1 is 1.55 bits per heavy atom. The van der Waals surface area contributed by atoms with Crippen molar-refractivity contribution < 1.29 is 4.79 Å². The number of rotatable bonds is 0. The Balaban J connectivity index is 2.52. The lowest BCUT2D eigenvalue weighted by atomic mass is 10.1. The second-order valence-corrected chi connectivity index (χ2v) is 2.86. The molecule has 1 aliphatic rings. The van der Waals surface area contributed by atoms with Gasteiger partial charge in [0.15, 0.2) is 0 Å². The van der Waals surface area contributed by atoms with Crippen molar-refractivity contribution in [3.05, 3.63) is 23.0 Å². The Hall–Kier alpha value is -1.25. The molecule has 3 nitrogen and oxygen atoms in total. The summed E-state index contributed by atoms with van der Waals surface area (Å²) in [7, 11) is 0. The van der Waals surface area contributed by atoms with E-state index in [0.29, 0.717) is 0 Å². The van der Waals surface area contributed by atoms with E-state index < -0.39 is 0 Å². The number of carbonyl (C=O) groups is 1. The third-order valence-corrected chi connectivity index (χ3v) is 1.94. The van der Waals surface area contributed by atoms with Gasteiger partial charge in [-0.15, -0.1) is 0 Å². The van der Waals surface area contributed by atoms with Crippen LogP contribution in [-0.4, -0.2) is 17.4 Å². The summed E-state index contributed by atoms with van der Waals surface area (Å²) in [6, 6.07) is 2.04. The molecule has 1 aliphatic heterocycles. The molecule has 1 aromatic rings. The number of aryl methyl sites for hydroxylation is 1. The van der Waals surface area contributed by atoms with Crippen LogP contribution in [0, 0.1) is 6.92 Å².